The van der Waals surface area contributed by atoms with Gasteiger partial charge in [0.05, 0.1) is 25.4 Å². The molecule has 0 aromatic rings. The fourth-order valence-electron chi connectivity index (χ4n) is 11.1. The third kappa shape index (κ3) is 65.0. The average molecular weight is 1120 g/mol. The van der Waals surface area contributed by atoms with E-state index in [0.717, 1.165) is 57.8 Å². The number of hydrogen-bond donors (Lipinski definition) is 3. The third-order valence-electron chi connectivity index (χ3n) is 16.6. The van der Waals surface area contributed by atoms with E-state index in [0.29, 0.717) is 19.4 Å². The fourth-order valence-corrected chi connectivity index (χ4v) is 11.1. The third-order valence-corrected chi connectivity index (χ3v) is 16.6. The summed E-state index contributed by atoms with van der Waals surface area (Å²) < 4.78 is 5.50. The summed E-state index contributed by atoms with van der Waals surface area (Å²) in [5.74, 6) is -0.0658. The van der Waals surface area contributed by atoms with Crippen LogP contribution in [0.15, 0.2) is 48.6 Å². The Morgan fingerprint density at radius 3 is 0.988 bits per heavy atom. The molecule has 0 aliphatic rings. The number of nitrogens with one attached hydrogen (secondary N) is 1. The lowest BCUT2D eigenvalue weighted by Gasteiger charge is -2.20. The minimum atomic E-state index is -0.851. The van der Waals surface area contributed by atoms with E-state index in [9.17, 15) is 19.8 Å². The number of hydrogen-bond acceptors (Lipinski definition) is 5. The molecule has 0 aliphatic heterocycles. The molecule has 6 nitrogen and oxygen atoms in total. The molecule has 0 aromatic heterocycles. The normalized spacial score (nSPS) is 12.8. The Hall–Kier alpha value is -2.18. The number of unbranched alkanes of at least 4 members (excludes halogenated alkanes) is 50. The smallest absolute Gasteiger partial charge is 0.305 e. The molecule has 0 radical (unpaired) electrons. The lowest BCUT2D eigenvalue weighted by molar-refractivity contribution is -0.143. The van der Waals surface area contributed by atoms with Crippen molar-refractivity contribution in [1.82, 2.24) is 5.32 Å². The number of aliphatic hydroxyl groups is 2. The second kappa shape index (κ2) is 69.3. The quantitative estimate of drug-likeness (QED) is 0.0320. The number of amides is 1. The monoisotopic (exact) mass is 1120 g/mol. The molecule has 3 N–H and O–H groups in total. The van der Waals surface area contributed by atoms with Crippen LogP contribution in [0.2, 0.25) is 0 Å². The van der Waals surface area contributed by atoms with Gasteiger partial charge in [0.25, 0.3) is 0 Å². The van der Waals surface area contributed by atoms with Gasteiger partial charge in [-0.3, -0.25) is 9.59 Å². The molecule has 0 saturated heterocycles. The van der Waals surface area contributed by atoms with Gasteiger partial charge in [0, 0.05) is 12.8 Å². The summed E-state index contributed by atoms with van der Waals surface area (Å²) in [5.41, 5.74) is 0. The van der Waals surface area contributed by atoms with Gasteiger partial charge < -0.3 is 20.3 Å². The van der Waals surface area contributed by atoms with Crippen molar-refractivity contribution in [3.05, 3.63) is 48.6 Å². The zero-order valence-electron chi connectivity index (χ0n) is 53.8. The summed E-state index contributed by atoms with van der Waals surface area (Å²) in [6.45, 7) is 4.90. The Kier molecular flexibility index (Phi) is 67.4. The van der Waals surface area contributed by atoms with E-state index in [-0.39, 0.29) is 18.5 Å². The number of esters is 1. The van der Waals surface area contributed by atoms with Gasteiger partial charge in [-0.25, -0.2) is 0 Å². The van der Waals surface area contributed by atoms with Gasteiger partial charge in [-0.15, -0.1) is 0 Å². The molecule has 0 aromatic carbocycles. The first-order valence-corrected chi connectivity index (χ1v) is 35.9. The SMILES string of the molecule is CCCCC/C=C\C/C=C\CCCCCCCCCCCC(=O)OCCCCCCCCCCCCC/C=C\CCCCCCCCCC(=O)NC(CO)C(O)/C=C/CCCCCCCCCCCCCCCCCCCCCC. The second-order valence-electron chi connectivity index (χ2n) is 24.6. The van der Waals surface area contributed by atoms with Gasteiger partial charge >= 0.3 is 5.97 Å². The lowest BCUT2D eigenvalue weighted by atomic mass is 10.0. The van der Waals surface area contributed by atoms with Crippen LogP contribution in [0.4, 0.5) is 0 Å². The van der Waals surface area contributed by atoms with Gasteiger partial charge in [-0.1, -0.05) is 332 Å². The topological polar surface area (TPSA) is 95.9 Å². The number of rotatable bonds is 67. The first-order valence-electron chi connectivity index (χ1n) is 35.9. The van der Waals surface area contributed by atoms with Gasteiger partial charge in [0.2, 0.25) is 5.91 Å². The van der Waals surface area contributed by atoms with Crippen molar-refractivity contribution >= 4 is 11.9 Å². The first-order chi connectivity index (χ1) is 39.5. The summed E-state index contributed by atoms with van der Waals surface area (Å²) in [7, 11) is 0. The molecule has 0 fully saturated rings. The van der Waals surface area contributed by atoms with E-state index in [1.165, 1.54) is 302 Å². The molecule has 2 unspecified atom stereocenters. The largest absolute Gasteiger partial charge is 0.466 e. The van der Waals surface area contributed by atoms with Crippen LogP contribution in [0.3, 0.4) is 0 Å². The predicted octanol–water partition coefficient (Wildman–Crippen LogP) is 23.3. The van der Waals surface area contributed by atoms with Crippen molar-refractivity contribution in [2.45, 2.75) is 398 Å². The molecule has 2 atom stereocenters. The Balaban J connectivity index is 3.44. The van der Waals surface area contributed by atoms with Crippen LogP contribution >= 0.6 is 0 Å². The molecule has 1 amide bonds. The van der Waals surface area contributed by atoms with E-state index in [4.69, 9.17) is 4.74 Å². The molecule has 0 saturated carbocycles. The molecular formula is C74H139NO5. The highest BCUT2D eigenvalue weighted by Gasteiger charge is 2.18. The van der Waals surface area contributed by atoms with Crippen LogP contribution in [0.5, 0.6) is 0 Å². The Morgan fingerprint density at radius 2 is 0.625 bits per heavy atom. The van der Waals surface area contributed by atoms with Gasteiger partial charge in [-0.05, 0) is 89.9 Å². The van der Waals surface area contributed by atoms with Crippen molar-refractivity contribution in [2.24, 2.45) is 0 Å². The molecule has 0 aliphatic carbocycles. The van der Waals surface area contributed by atoms with E-state index in [1.807, 2.05) is 6.08 Å². The van der Waals surface area contributed by atoms with Crippen molar-refractivity contribution in [1.29, 1.82) is 0 Å². The molecule has 0 heterocycles. The lowest BCUT2D eigenvalue weighted by Crippen LogP contribution is -2.45. The maximum atomic E-state index is 12.5. The number of allylic oxidation sites excluding steroid dienone is 7. The van der Waals surface area contributed by atoms with Crippen LogP contribution in [0.1, 0.15) is 386 Å². The maximum absolute atomic E-state index is 12.5. The molecule has 80 heavy (non-hydrogen) atoms. The van der Waals surface area contributed by atoms with Crippen molar-refractivity contribution in [3.63, 3.8) is 0 Å². The van der Waals surface area contributed by atoms with Crippen LogP contribution in [0, 0.1) is 0 Å². The van der Waals surface area contributed by atoms with Crippen molar-refractivity contribution < 1.29 is 24.5 Å². The minimum absolute atomic E-state index is 0.00600. The van der Waals surface area contributed by atoms with Crippen LogP contribution in [0.25, 0.3) is 0 Å². The number of aliphatic hydroxyl groups excluding tert-OH is 2. The standard InChI is InChI=1S/C74H139NO5/c1-3-5-7-9-11-13-15-17-19-21-23-24-27-31-34-38-42-46-50-54-58-62-66-72(77)71(70-76)75-73(78)67-63-59-55-51-47-43-39-35-32-28-25-26-29-33-37-41-45-49-53-57-61-65-69-80-74(79)68-64-60-56-52-48-44-40-36-30-22-20-18-16-14-12-10-8-6-4-2/h12,14,18,20,28,32,62,66,71-72,76-77H,3-11,13,15-17,19,21-27,29-31,33-61,63-65,67-70H2,1-2H3,(H,75,78)/b14-12-,20-18-,32-28-,66-62+. The predicted molar refractivity (Wildman–Crippen MR) is 352 cm³/mol. The summed E-state index contributed by atoms with van der Waals surface area (Å²) in [6, 6.07) is -0.635. The molecule has 0 spiro atoms. The van der Waals surface area contributed by atoms with Crippen LogP contribution in [-0.2, 0) is 14.3 Å². The highest BCUT2D eigenvalue weighted by molar-refractivity contribution is 5.76. The summed E-state index contributed by atoms with van der Waals surface area (Å²) in [5, 5.41) is 23.3. The molecule has 0 rings (SSSR count). The summed E-state index contributed by atoms with van der Waals surface area (Å²) in [4.78, 5) is 24.6. The zero-order valence-corrected chi connectivity index (χ0v) is 53.8. The Morgan fingerprint density at radius 1 is 0.350 bits per heavy atom. The minimum Gasteiger partial charge on any atom is -0.466 e. The van der Waals surface area contributed by atoms with Crippen molar-refractivity contribution in [3.8, 4) is 0 Å². The molecule has 470 valence electrons. The Labute approximate surface area is 499 Å². The highest BCUT2D eigenvalue weighted by atomic mass is 16.5. The average Bonchev–Trinajstić information content (AvgIpc) is 3.46. The molecular weight excluding hydrogens is 983 g/mol. The first kappa shape index (κ1) is 77.8. The number of carbonyl (C=O) groups is 2. The zero-order chi connectivity index (χ0) is 57.8. The van der Waals surface area contributed by atoms with Crippen molar-refractivity contribution in [2.75, 3.05) is 13.2 Å². The molecule has 6 heteroatoms. The second-order valence-corrected chi connectivity index (χ2v) is 24.6. The highest BCUT2D eigenvalue weighted by Crippen LogP contribution is 2.18. The number of ether oxygens (including phenoxy) is 1. The van der Waals surface area contributed by atoms with Crippen LogP contribution in [-0.4, -0.2) is 47.4 Å². The molecule has 0 bridgehead atoms. The van der Waals surface area contributed by atoms with Gasteiger partial charge in [0.1, 0.15) is 0 Å². The number of carbonyl (C=O) groups excluding carboxylic acids is 2. The van der Waals surface area contributed by atoms with E-state index in [1.54, 1.807) is 6.08 Å². The van der Waals surface area contributed by atoms with E-state index >= 15 is 0 Å². The van der Waals surface area contributed by atoms with E-state index < -0.39 is 12.1 Å². The maximum Gasteiger partial charge on any atom is 0.305 e. The Bertz CT molecular complexity index is 1340. The summed E-state index contributed by atoms with van der Waals surface area (Å²) in [6.07, 6.45) is 90.4. The van der Waals surface area contributed by atoms with E-state index in [2.05, 4.69) is 55.6 Å². The van der Waals surface area contributed by atoms with Crippen LogP contribution < -0.4 is 5.32 Å². The van der Waals surface area contributed by atoms with Gasteiger partial charge in [-0.2, -0.15) is 0 Å². The summed E-state index contributed by atoms with van der Waals surface area (Å²) >= 11 is 0. The van der Waals surface area contributed by atoms with Gasteiger partial charge in [0.15, 0.2) is 0 Å². The fraction of sp³-hybridized carbons (Fsp3) is 0.865.